The number of benzene rings is 1. The summed E-state index contributed by atoms with van der Waals surface area (Å²) in [5.74, 6) is -0.976. The molecular weight excluding hydrogens is 270 g/mol. The van der Waals surface area contributed by atoms with Crippen molar-refractivity contribution < 1.29 is 19.4 Å². The number of ether oxygens (including phenoxy) is 1. The minimum atomic E-state index is -0.976. The molecule has 0 aliphatic heterocycles. The fourth-order valence-corrected chi connectivity index (χ4v) is 1.86. The van der Waals surface area contributed by atoms with Crippen molar-refractivity contribution in [3.63, 3.8) is 0 Å². The Bertz CT molecular complexity index is 488. The van der Waals surface area contributed by atoms with Crippen molar-refractivity contribution in [2.75, 3.05) is 0 Å². The van der Waals surface area contributed by atoms with E-state index < -0.39 is 23.7 Å². The van der Waals surface area contributed by atoms with Crippen LogP contribution in [0.3, 0.4) is 0 Å². The zero-order valence-electron chi connectivity index (χ0n) is 13.0. The smallest absolute Gasteiger partial charge is 0.408 e. The maximum Gasteiger partial charge on any atom is 0.408 e. The Morgan fingerprint density at radius 3 is 2.24 bits per heavy atom. The highest BCUT2D eigenvalue weighted by atomic mass is 16.6. The molecule has 0 bridgehead atoms. The summed E-state index contributed by atoms with van der Waals surface area (Å²) >= 11 is 0. The second-order valence-electron chi connectivity index (χ2n) is 5.89. The lowest BCUT2D eigenvalue weighted by atomic mass is 10.0. The lowest BCUT2D eigenvalue weighted by Crippen LogP contribution is -2.35. The quantitative estimate of drug-likeness (QED) is 0.873. The second-order valence-corrected chi connectivity index (χ2v) is 5.89. The first kappa shape index (κ1) is 17.0. The van der Waals surface area contributed by atoms with Crippen molar-refractivity contribution in [3.05, 3.63) is 35.4 Å². The van der Waals surface area contributed by atoms with E-state index >= 15 is 0 Å². The Hall–Kier alpha value is -2.04. The molecule has 1 amide bonds. The van der Waals surface area contributed by atoms with Crippen LogP contribution < -0.4 is 5.32 Å². The standard InChI is InChI=1S/C16H23NO4/c1-5-11-6-8-12(9-7-11)13(10-14(18)19)17-15(20)21-16(2,3)4/h6-9,13H,5,10H2,1-4H3,(H,17,20)(H,18,19)/t13-/m1/s1. The predicted molar refractivity (Wildman–Crippen MR) is 80.2 cm³/mol. The molecular formula is C16H23NO4. The lowest BCUT2D eigenvalue weighted by Gasteiger charge is -2.23. The average Bonchev–Trinajstić information content (AvgIpc) is 2.35. The normalized spacial score (nSPS) is 12.6. The number of carbonyl (C=O) groups excluding carboxylic acids is 1. The minimum Gasteiger partial charge on any atom is -0.481 e. The molecule has 0 fully saturated rings. The van der Waals surface area contributed by atoms with E-state index in [1.807, 2.05) is 31.2 Å². The van der Waals surface area contributed by atoms with Crippen LogP contribution in [0.25, 0.3) is 0 Å². The molecule has 0 saturated carbocycles. The molecule has 0 aliphatic carbocycles. The first-order valence-electron chi connectivity index (χ1n) is 7.01. The number of alkyl carbamates (subject to hydrolysis) is 1. The molecule has 2 N–H and O–H groups in total. The number of hydrogen-bond donors (Lipinski definition) is 2. The highest BCUT2D eigenvalue weighted by Crippen LogP contribution is 2.19. The van der Waals surface area contributed by atoms with Crippen LogP contribution >= 0.6 is 0 Å². The van der Waals surface area contributed by atoms with Gasteiger partial charge in [-0.1, -0.05) is 31.2 Å². The molecule has 0 unspecified atom stereocenters. The number of carboxylic acid groups (broad SMARTS) is 1. The van der Waals surface area contributed by atoms with Crippen LogP contribution in [0.4, 0.5) is 4.79 Å². The van der Waals surface area contributed by atoms with Crippen molar-refractivity contribution in [1.82, 2.24) is 5.32 Å². The van der Waals surface area contributed by atoms with Gasteiger partial charge in [-0.25, -0.2) is 4.79 Å². The second kappa shape index (κ2) is 7.11. The summed E-state index contributed by atoms with van der Waals surface area (Å²) in [5, 5.41) is 11.6. The molecule has 21 heavy (non-hydrogen) atoms. The Morgan fingerprint density at radius 2 is 1.81 bits per heavy atom. The van der Waals surface area contributed by atoms with Crippen LogP contribution in [-0.2, 0) is 16.0 Å². The third-order valence-electron chi connectivity index (χ3n) is 2.86. The first-order valence-corrected chi connectivity index (χ1v) is 7.01. The van der Waals surface area contributed by atoms with E-state index in [-0.39, 0.29) is 6.42 Å². The van der Waals surface area contributed by atoms with Crippen molar-refractivity contribution in [2.45, 2.75) is 52.2 Å². The highest BCUT2D eigenvalue weighted by molar-refractivity contribution is 5.72. The van der Waals surface area contributed by atoms with E-state index in [1.54, 1.807) is 20.8 Å². The van der Waals surface area contributed by atoms with E-state index in [4.69, 9.17) is 9.84 Å². The Balaban J connectivity index is 2.84. The Labute approximate surface area is 125 Å². The number of rotatable bonds is 5. The van der Waals surface area contributed by atoms with Crippen LogP contribution in [0.2, 0.25) is 0 Å². The maximum atomic E-state index is 11.8. The molecule has 0 saturated heterocycles. The average molecular weight is 293 g/mol. The number of carbonyl (C=O) groups is 2. The molecule has 1 rings (SSSR count). The van der Waals surface area contributed by atoms with Gasteiger partial charge in [-0.3, -0.25) is 4.79 Å². The zero-order chi connectivity index (χ0) is 16.0. The van der Waals surface area contributed by atoms with Gasteiger partial charge in [-0.05, 0) is 38.3 Å². The van der Waals surface area contributed by atoms with Gasteiger partial charge in [0, 0.05) is 0 Å². The third-order valence-corrected chi connectivity index (χ3v) is 2.86. The fourth-order valence-electron chi connectivity index (χ4n) is 1.86. The van der Waals surface area contributed by atoms with E-state index in [0.29, 0.717) is 0 Å². The summed E-state index contributed by atoms with van der Waals surface area (Å²) < 4.78 is 5.17. The molecule has 116 valence electrons. The lowest BCUT2D eigenvalue weighted by molar-refractivity contribution is -0.137. The van der Waals surface area contributed by atoms with Crippen LogP contribution in [0, 0.1) is 0 Å². The number of nitrogens with one attached hydrogen (secondary N) is 1. The predicted octanol–water partition coefficient (Wildman–Crippen LogP) is 3.29. The van der Waals surface area contributed by atoms with Crippen LogP contribution in [0.1, 0.15) is 51.3 Å². The van der Waals surface area contributed by atoms with E-state index in [0.717, 1.165) is 17.5 Å². The van der Waals surface area contributed by atoms with Gasteiger partial charge < -0.3 is 15.2 Å². The Kier molecular flexibility index (Phi) is 5.76. The number of amides is 1. The summed E-state index contributed by atoms with van der Waals surface area (Å²) in [4.78, 5) is 22.8. The molecule has 1 aromatic rings. The number of carboxylic acids is 1. The topological polar surface area (TPSA) is 75.6 Å². The van der Waals surface area contributed by atoms with Crippen LogP contribution in [-0.4, -0.2) is 22.8 Å². The fraction of sp³-hybridized carbons (Fsp3) is 0.500. The summed E-state index contributed by atoms with van der Waals surface area (Å²) in [6.07, 6.45) is 0.0991. The van der Waals surface area contributed by atoms with E-state index in [9.17, 15) is 9.59 Å². The molecule has 5 heteroatoms. The molecule has 0 radical (unpaired) electrons. The van der Waals surface area contributed by atoms with Gasteiger partial charge in [-0.2, -0.15) is 0 Å². The van der Waals surface area contributed by atoms with E-state index in [2.05, 4.69) is 5.32 Å². The van der Waals surface area contributed by atoms with Crippen LogP contribution in [0.5, 0.6) is 0 Å². The van der Waals surface area contributed by atoms with Gasteiger partial charge in [0.15, 0.2) is 0 Å². The van der Waals surface area contributed by atoms with E-state index in [1.165, 1.54) is 0 Å². The Morgan fingerprint density at radius 1 is 1.24 bits per heavy atom. The monoisotopic (exact) mass is 293 g/mol. The van der Waals surface area contributed by atoms with Crippen molar-refractivity contribution in [3.8, 4) is 0 Å². The number of hydrogen-bond acceptors (Lipinski definition) is 3. The molecule has 5 nitrogen and oxygen atoms in total. The summed E-state index contributed by atoms with van der Waals surface area (Å²) in [7, 11) is 0. The third kappa shape index (κ3) is 6.29. The molecule has 0 aromatic heterocycles. The summed E-state index contributed by atoms with van der Waals surface area (Å²) in [6, 6.07) is 6.93. The summed E-state index contributed by atoms with van der Waals surface area (Å²) in [6.45, 7) is 7.32. The zero-order valence-corrected chi connectivity index (χ0v) is 13.0. The minimum absolute atomic E-state index is 0.190. The molecule has 0 spiro atoms. The molecule has 0 heterocycles. The van der Waals surface area contributed by atoms with Gasteiger partial charge in [0.25, 0.3) is 0 Å². The van der Waals surface area contributed by atoms with Crippen molar-refractivity contribution in [2.24, 2.45) is 0 Å². The molecule has 0 aliphatic rings. The van der Waals surface area contributed by atoms with Gasteiger partial charge in [-0.15, -0.1) is 0 Å². The van der Waals surface area contributed by atoms with Gasteiger partial charge >= 0.3 is 12.1 Å². The highest BCUT2D eigenvalue weighted by Gasteiger charge is 2.22. The van der Waals surface area contributed by atoms with Crippen molar-refractivity contribution >= 4 is 12.1 Å². The van der Waals surface area contributed by atoms with Gasteiger partial charge in [0.05, 0.1) is 12.5 Å². The SMILES string of the molecule is CCc1ccc([C@@H](CC(=O)O)NC(=O)OC(C)(C)C)cc1. The van der Waals surface area contributed by atoms with Gasteiger partial charge in [0.1, 0.15) is 5.60 Å². The first-order chi connectivity index (χ1) is 9.71. The van der Waals surface area contributed by atoms with Gasteiger partial charge in [0.2, 0.25) is 0 Å². The number of aryl methyl sites for hydroxylation is 1. The molecule has 1 aromatic carbocycles. The molecule has 1 atom stereocenters. The summed E-state index contributed by atoms with van der Waals surface area (Å²) in [5.41, 5.74) is 1.29. The van der Waals surface area contributed by atoms with Crippen molar-refractivity contribution in [1.29, 1.82) is 0 Å². The number of aliphatic carboxylic acids is 1. The largest absolute Gasteiger partial charge is 0.481 e. The van der Waals surface area contributed by atoms with Crippen LogP contribution in [0.15, 0.2) is 24.3 Å². The maximum absolute atomic E-state index is 11.8.